The van der Waals surface area contributed by atoms with Gasteiger partial charge >= 0.3 is 0 Å². The molecular weight excluding hydrogens is 818 g/mol. The van der Waals surface area contributed by atoms with E-state index in [0.717, 1.165) is 70.9 Å². The van der Waals surface area contributed by atoms with E-state index >= 15 is 0 Å². The van der Waals surface area contributed by atoms with E-state index in [2.05, 4.69) is 87.7 Å². The van der Waals surface area contributed by atoms with Crippen LogP contribution < -0.4 is 9.62 Å². The Balaban J connectivity index is 1.39. The highest BCUT2D eigenvalue weighted by Crippen LogP contribution is 2.48. The largest absolute Gasteiger partial charge is 0.344 e. The lowest BCUT2D eigenvalue weighted by molar-refractivity contribution is -0.438. The van der Waals surface area contributed by atoms with E-state index < -0.39 is 25.6 Å². The van der Waals surface area contributed by atoms with Crippen molar-refractivity contribution in [3.05, 3.63) is 136 Å². The van der Waals surface area contributed by atoms with Crippen molar-refractivity contribution in [3.8, 4) is 0 Å². The summed E-state index contributed by atoms with van der Waals surface area (Å²) in [4.78, 5) is 2.43. The Morgan fingerprint density at radius 2 is 1.57 bits per heavy atom. The van der Waals surface area contributed by atoms with Crippen molar-refractivity contribution < 1.29 is 40.6 Å². The van der Waals surface area contributed by atoms with Crippen LogP contribution in [0.3, 0.4) is 0 Å². The molecule has 0 aromatic heterocycles. The van der Waals surface area contributed by atoms with E-state index in [4.69, 9.17) is 16.9 Å². The quantitative estimate of drug-likeness (QED) is 0.0282. The van der Waals surface area contributed by atoms with Gasteiger partial charge in [-0.3, -0.25) is 9.27 Å². The van der Waals surface area contributed by atoms with Crippen LogP contribution in [0.25, 0.3) is 0 Å². The highest BCUT2D eigenvalue weighted by atomic mass is 35.5. The maximum Gasteiger partial charge on any atom is 0.264 e. The van der Waals surface area contributed by atoms with Crippen molar-refractivity contribution in [3.63, 3.8) is 0 Å². The van der Waals surface area contributed by atoms with Crippen molar-refractivity contribution in [1.29, 1.82) is 0 Å². The lowest BCUT2D eigenvalue weighted by atomic mass is 9.81. The van der Waals surface area contributed by atoms with Gasteiger partial charge in [-0.25, -0.2) is 13.7 Å². The Kier molecular flexibility index (Phi) is 13.8. The zero-order chi connectivity index (χ0) is 41.7. The first-order valence-corrected chi connectivity index (χ1v) is 23.7. The predicted molar refractivity (Wildman–Crippen MR) is 232 cm³/mol. The van der Waals surface area contributed by atoms with Crippen molar-refractivity contribution in [2.45, 2.75) is 81.9 Å². The summed E-state index contributed by atoms with van der Waals surface area (Å²) < 4.78 is 69.9. The molecule has 0 atom stereocenters. The SMILES string of the molecule is CC1(C)C(/C=C/C2=C(NS(=O)(=O)c3ccc(Cl)cc3)C(=C/C=C3/N(CCCCSOOO)c4ccccc4C3(C)C)/CC2)=[N+](CCCCS(=O)(=O)O)c2ccccc21. The average molecular weight is 870 g/mol. The minimum atomic E-state index is -4.06. The molecule has 2 heterocycles. The lowest BCUT2D eigenvalue weighted by Crippen LogP contribution is -2.28. The number of allylic oxidation sites excluding steroid dienone is 7. The summed E-state index contributed by atoms with van der Waals surface area (Å²) in [5.41, 5.74) is 8.11. The van der Waals surface area contributed by atoms with Gasteiger partial charge in [-0.1, -0.05) is 79.0 Å². The van der Waals surface area contributed by atoms with E-state index in [1.807, 2.05) is 36.4 Å². The van der Waals surface area contributed by atoms with Crippen LogP contribution in [-0.2, 0) is 40.3 Å². The molecule has 3 aliphatic rings. The summed E-state index contributed by atoms with van der Waals surface area (Å²) in [5, 5.41) is 12.6. The normalized spacial score (nSPS) is 18.9. The molecule has 0 unspecified atom stereocenters. The van der Waals surface area contributed by atoms with E-state index in [1.54, 1.807) is 12.1 Å². The number of halogens is 1. The molecule has 0 amide bonds. The monoisotopic (exact) mass is 868 g/mol. The van der Waals surface area contributed by atoms with Crippen LogP contribution in [0.15, 0.2) is 125 Å². The van der Waals surface area contributed by atoms with Crippen molar-refractivity contribution in [1.82, 2.24) is 4.72 Å². The molecule has 0 spiro atoms. The molecule has 3 aromatic rings. The highest BCUT2D eigenvalue weighted by molar-refractivity contribution is 7.94. The number of anilines is 1. The first-order valence-electron chi connectivity index (χ1n) is 19.3. The third-order valence-corrected chi connectivity index (χ3v) is 14.2. The van der Waals surface area contributed by atoms with Gasteiger partial charge in [-0.05, 0) is 99.1 Å². The van der Waals surface area contributed by atoms with Gasteiger partial charge in [0.1, 0.15) is 6.54 Å². The van der Waals surface area contributed by atoms with Crippen LogP contribution >= 0.6 is 23.6 Å². The topological polar surface area (TPSA) is 145 Å². The van der Waals surface area contributed by atoms with Gasteiger partial charge in [-0.15, -0.1) is 4.33 Å². The number of sulfonamides is 1. The number of fused-ring (bicyclic) bond motifs is 2. The minimum Gasteiger partial charge on any atom is -0.344 e. The van der Waals surface area contributed by atoms with Gasteiger partial charge < -0.3 is 4.90 Å². The smallest absolute Gasteiger partial charge is 0.264 e. The maximum atomic E-state index is 14.0. The second-order valence-corrected chi connectivity index (χ2v) is 20.1. The van der Waals surface area contributed by atoms with Crippen LogP contribution in [0, 0.1) is 0 Å². The molecule has 11 nitrogen and oxygen atoms in total. The highest BCUT2D eigenvalue weighted by Gasteiger charge is 2.44. The van der Waals surface area contributed by atoms with Crippen molar-refractivity contribution >= 4 is 60.9 Å². The third kappa shape index (κ3) is 9.82. The molecule has 0 fully saturated rings. The summed E-state index contributed by atoms with van der Waals surface area (Å²) in [6, 6.07) is 22.6. The fraction of sp³-hybridized carbons (Fsp3) is 0.372. The van der Waals surface area contributed by atoms with Gasteiger partial charge in [0.15, 0.2) is 5.71 Å². The van der Waals surface area contributed by atoms with Gasteiger partial charge in [0, 0.05) is 70.3 Å². The fourth-order valence-electron chi connectivity index (χ4n) is 8.16. The molecule has 310 valence electrons. The van der Waals surface area contributed by atoms with E-state index in [-0.39, 0.29) is 16.1 Å². The summed E-state index contributed by atoms with van der Waals surface area (Å²) in [6.07, 6.45) is 12.0. The number of nitrogens with one attached hydrogen (secondary N) is 1. The van der Waals surface area contributed by atoms with Crippen LogP contribution in [0.2, 0.25) is 5.02 Å². The van der Waals surface area contributed by atoms with Crippen LogP contribution in [0.1, 0.15) is 77.3 Å². The zero-order valence-electron chi connectivity index (χ0n) is 33.1. The second kappa shape index (κ2) is 18.3. The van der Waals surface area contributed by atoms with Crippen LogP contribution in [-0.4, -0.2) is 61.5 Å². The molecule has 0 saturated carbocycles. The summed E-state index contributed by atoms with van der Waals surface area (Å²) in [7, 11) is -8.07. The van der Waals surface area contributed by atoms with Gasteiger partial charge in [-0.2, -0.15) is 13.0 Å². The second-order valence-electron chi connectivity index (χ2n) is 15.7. The molecule has 3 N–H and O–H groups in total. The molecular formula is C43H51ClN3O8S3+. The average Bonchev–Trinajstić information content (AvgIpc) is 3.73. The summed E-state index contributed by atoms with van der Waals surface area (Å²) in [6.45, 7) is 10.00. The number of benzene rings is 3. The van der Waals surface area contributed by atoms with Crippen molar-refractivity contribution in [2.75, 3.05) is 29.5 Å². The van der Waals surface area contributed by atoms with Crippen LogP contribution in [0.4, 0.5) is 11.4 Å². The number of unbranched alkanes of at least 4 members (excludes halogenated alkanes) is 2. The Morgan fingerprint density at radius 3 is 2.29 bits per heavy atom. The summed E-state index contributed by atoms with van der Waals surface area (Å²) in [5.74, 6) is 0.345. The number of nitrogens with zero attached hydrogens (tertiary/aromatic N) is 2. The number of hydrogen-bond acceptors (Lipinski definition) is 9. The molecule has 15 heteroatoms. The van der Waals surface area contributed by atoms with E-state index in [1.165, 1.54) is 17.7 Å². The number of rotatable bonds is 18. The molecule has 3 aromatic carbocycles. The standard InChI is InChI=1S/C43H50ClN3O8S3/c1-42(2)35-13-5-7-15-37(35)46(27-9-11-29-56-55-54-48)39(42)25-19-31-17-18-32(41(31)45-58(52,53)34-23-21-33(44)22-24-34)20-26-40-43(3,4)36-14-6-8-16-38(36)47(40)28-10-12-30-57(49,50)51/h5-8,13-16,19-26H,9-12,17-18,27-30H2,1-4H3,(H2,48,49,50,51)/p+1/b31-19+,39-25+. The maximum absolute atomic E-state index is 14.0. The third-order valence-electron chi connectivity index (χ3n) is 11.1. The number of hydrogen-bond donors (Lipinski definition) is 3. The first kappa shape index (κ1) is 43.8. The fourth-order valence-corrected chi connectivity index (χ4v) is 10.4. The number of para-hydroxylation sites is 2. The van der Waals surface area contributed by atoms with Crippen LogP contribution in [0.5, 0.6) is 0 Å². The lowest BCUT2D eigenvalue weighted by Gasteiger charge is -2.27. The predicted octanol–water partition coefficient (Wildman–Crippen LogP) is 9.42. The van der Waals surface area contributed by atoms with Gasteiger partial charge in [0.25, 0.3) is 20.1 Å². The summed E-state index contributed by atoms with van der Waals surface area (Å²) >= 11 is 7.17. The zero-order valence-corrected chi connectivity index (χ0v) is 36.4. The Hall–Kier alpha value is -3.73. The van der Waals surface area contributed by atoms with Crippen molar-refractivity contribution in [2.24, 2.45) is 0 Å². The molecule has 2 aliphatic heterocycles. The molecule has 0 radical (unpaired) electrons. The molecule has 1 aliphatic carbocycles. The molecule has 58 heavy (non-hydrogen) atoms. The Bertz CT molecular complexity index is 2390. The first-order chi connectivity index (χ1) is 27.5. The molecule has 6 rings (SSSR count). The van der Waals surface area contributed by atoms with Gasteiger partial charge in [0.05, 0.1) is 21.8 Å². The van der Waals surface area contributed by atoms with Gasteiger partial charge in [0.2, 0.25) is 5.69 Å². The Labute approximate surface area is 351 Å². The Morgan fingerprint density at radius 1 is 0.862 bits per heavy atom. The minimum absolute atomic E-state index is 0.0998. The van der Waals surface area contributed by atoms with E-state index in [0.29, 0.717) is 48.7 Å². The van der Waals surface area contributed by atoms with E-state index in [9.17, 15) is 21.4 Å². The molecule has 0 bridgehead atoms. The molecule has 0 saturated heterocycles.